The van der Waals surface area contributed by atoms with Gasteiger partial charge in [-0.05, 0) is 6.42 Å². The average Bonchev–Trinajstić information content (AvgIpc) is 1.99. The third kappa shape index (κ3) is 3.51. The summed E-state index contributed by atoms with van der Waals surface area (Å²) in [5, 5.41) is 0. The predicted octanol–water partition coefficient (Wildman–Crippen LogP) is 0.00680. The first-order chi connectivity index (χ1) is 5.58. The van der Waals surface area contributed by atoms with Gasteiger partial charge in [-0.1, -0.05) is 13.8 Å². The Balaban J connectivity index is 4.27. The van der Waals surface area contributed by atoms with Gasteiger partial charge in [0, 0.05) is 19.6 Å². The van der Waals surface area contributed by atoms with Gasteiger partial charge in [-0.15, -0.1) is 0 Å². The zero-order chi connectivity index (χ0) is 9.61. The Morgan fingerprint density at radius 2 is 1.92 bits per heavy atom. The smallest absolute Gasteiger partial charge is 0.214 e. The minimum atomic E-state index is -3.03. The molecule has 0 aromatic carbocycles. The summed E-state index contributed by atoms with van der Waals surface area (Å²) in [6.07, 6.45) is 0.656. The number of likely N-dealkylation sites (N-methyl/N-ethyl adjacent to an activating group) is 1. The maximum absolute atomic E-state index is 11.4. The van der Waals surface area contributed by atoms with E-state index in [1.165, 1.54) is 4.31 Å². The van der Waals surface area contributed by atoms with Gasteiger partial charge in [-0.3, -0.25) is 0 Å². The zero-order valence-electron chi connectivity index (χ0n) is 7.78. The summed E-state index contributed by atoms with van der Waals surface area (Å²) in [5.41, 5.74) is 5.29. The monoisotopic (exact) mass is 194 g/mol. The lowest BCUT2D eigenvalue weighted by atomic mass is 10.6. The molecule has 0 aromatic heterocycles. The Morgan fingerprint density at radius 1 is 1.33 bits per heavy atom. The van der Waals surface area contributed by atoms with Crippen molar-refractivity contribution in [2.45, 2.75) is 20.3 Å². The second-order valence-corrected chi connectivity index (χ2v) is 4.68. The van der Waals surface area contributed by atoms with Gasteiger partial charge in [0.2, 0.25) is 10.0 Å². The largest absolute Gasteiger partial charge is 0.329 e. The summed E-state index contributed by atoms with van der Waals surface area (Å²) in [4.78, 5) is 0. The summed E-state index contributed by atoms with van der Waals surface area (Å²) in [6, 6.07) is 0. The van der Waals surface area contributed by atoms with Crippen LogP contribution in [-0.4, -0.2) is 38.1 Å². The maximum atomic E-state index is 11.4. The van der Waals surface area contributed by atoms with E-state index < -0.39 is 10.0 Å². The van der Waals surface area contributed by atoms with Crippen LogP contribution in [0.3, 0.4) is 0 Å². The van der Waals surface area contributed by atoms with E-state index in [-0.39, 0.29) is 5.75 Å². The van der Waals surface area contributed by atoms with Gasteiger partial charge in [0.15, 0.2) is 0 Å². The van der Waals surface area contributed by atoms with Crippen LogP contribution in [0.4, 0.5) is 0 Å². The molecule has 2 N–H and O–H groups in total. The molecule has 0 saturated heterocycles. The van der Waals surface area contributed by atoms with Gasteiger partial charge in [-0.2, -0.15) is 0 Å². The van der Waals surface area contributed by atoms with E-state index in [1.807, 2.05) is 13.8 Å². The van der Waals surface area contributed by atoms with Gasteiger partial charge in [0.25, 0.3) is 0 Å². The molecule has 0 aliphatic carbocycles. The van der Waals surface area contributed by atoms with Crippen LogP contribution in [-0.2, 0) is 10.0 Å². The predicted molar refractivity (Wildman–Crippen MR) is 50.4 cm³/mol. The molecule has 0 fully saturated rings. The van der Waals surface area contributed by atoms with E-state index in [0.717, 1.165) is 0 Å². The number of nitrogens with zero attached hydrogens (tertiary/aromatic N) is 1. The van der Waals surface area contributed by atoms with Gasteiger partial charge in [0.05, 0.1) is 5.75 Å². The minimum absolute atomic E-state index is 0.223. The van der Waals surface area contributed by atoms with Crippen molar-refractivity contribution in [3.63, 3.8) is 0 Å². The Bertz CT molecular complexity index is 201. The molecule has 0 saturated carbocycles. The lowest BCUT2D eigenvalue weighted by Crippen LogP contribution is -2.36. The minimum Gasteiger partial charge on any atom is -0.329 e. The normalized spacial score (nSPS) is 12.3. The fourth-order valence-electron chi connectivity index (χ4n) is 1.02. The van der Waals surface area contributed by atoms with E-state index in [1.54, 1.807) is 0 Å². The van der Waals surface area contributed by atoms with Crippen LogP contribution in [0, 0.1) is 0 Å². The van der Waals surface area contributed by atoms with E-state index in [2.05, 4.69) is 0 Å². The van der Waals surface area contributed by atoms with Crippen LogP contribution >= 0.6 is 0 Å². The second-order valence-electron chi connectivity index (χ2n) is 2.60. The second kappa shape index (κ2) is 5.50. The fourth-order valence-corrected chi connectivity index (χ4v) is 2.58. The third-order valence-electron chi connectivity index (χ3n) is 1.59. The number of hydrogen-bond donors (Lipinski definition) is 1. The summed E-state index contributed by atoms with van der Waals surface area (Å²) in [5.74, 6) is 0.223. The van der Waals surface area contributed by atoms with E-state index >= 15 is 0 Å². The van der Waals surface area contributed by atoms with Crippen LogP contribution < -0.4 is 5.73 Å². The number of sulfonamides is 1. The fraction of sp³-hybridized carbons (Fsp3) is 1.00. The van der Waals surface area contributed by atoms with Gasteiger partial charge < -0.3 is 5.73 Å². The quantitative estimate of drug-likeness (QED) is 0.647. The van der Waals surface area contributed by atoms with Crippen molar-refractivity contribution >= 4 is 10.0 Å². The van der Waals surface area contributed by atoms with Crippen LogP contribution in [0.2, 0.25) is 0 Å². The third-order valence-corrected chi connectivity index (χ3v) is 3.74. The molecule has 0 rings (SSSR count). The molecule has 0 aliphatic heterocycles. The first-order valence-corrected chi connectivity index (χ1v) is 5.87. The first kappa shape index (κ1) is 11.9. The summed E-state index contributed by atoms with van der Waals surface area (Å²) in [7, 11) is -3.03. The molecule has 12 heavy (non-hydrogen) atoms. The summed E-state index contributed by atoms with van der Waals surface area (Å²) < 4.78 is 24.3. The zero-order valence-corrected chi connectivity index (χ0v) is 8.60. The Hall–Kier alpha value is -0.130. The van der Waals surface area contributed by atoms with Crippen LogP contribution in [0.1, 0.15) is 20.3 Å². The lowest BCUT2D eigenvalue weighted by molar-refractivity contribution is 0.435. The molecule has 0 aliphatic rings. The Kier molecular flexibility index (Phi) is 5.44. The standard InChI is InChI=1S/C7H18N2O2S/c1-3-7-12(10,11)9(4-2)6-5-8/h3-8H2,1-2H3. The molecule has 5 heteroatoms. The van der Waals surface area contributed by atoms with Crippen molar-refractivity contribution in [3.05, 3.63) is 0 Å². The van der Waals surface area contributed by atoms with Gasteiger partial charge in [0.1, 0.15) is 0 Å². The molecule has 0 spiro atoms. The average molecular weight is 194 g/mol. The van der Waals surface area contributed by atoms with Crippen molar-refractivity contribution in [1.82, 2.24) is 4.31 Å². The topological polar surface area (TPSA) is 63.4 Å². The lowest BCUT2D eigenvalue weighted by Gasteiger charge is -2.18. The van der Waals surface area contributed by atoms with Crippen LogP contribution in [0.25, 0.3) is 0 Å². The number of nitrogens with two attached hydrogens (primary N) is 1. The van der Waals surface area contributed by atoms with Crippen LogP contribution in [0.5, 0.6) is 0 Å². The molecule has 0 amide bonds. The van der Waals surface area contributed by atoms with Gasteiger partial charge >= 0.3 is 0 Å². The molecular weight excluding hydrogens is 176 g/mol. The molecule has 0 heterocycles. The molecule has 0 radical (unpaired) electrons. The number of rotatable bonds is 6. The maximum Gasteiger partial charge on any atom is 0.214 e. The van der Waals surface area contributed by atoms with E-state index in [4.69, 9.17) is 5.73 Å². The Labute approximate surface area is 74.8 Å². The van der Waals surface area contributed by atoms with Crippen molar-refractivity contribution in [1.29, 1.82) is 0 Å². The van der Waals surface area contributed by atoms with Crippen molar-refractivity contribution in [2.24, 2.45) is 5.73 Å². The van der Waals surface area contributed by atoms with Crippen molar-refractivity contribution in [2.75, 3.05) is 25.4 Å². The van der Waals surface area contributed by atoms with E-state index in [0.29, 0.717) is 26.1 Å². The highest BCUT2D eigenvalue weighted by atomic mass is 32.2. The van der Waals surface area contributed by atoms with Crippen molar-refractivity contribution in [3.8, 4) is 0 Å². The number of hydrogen-bond acceptors (Lipinski definition) is 3. The van der Waals surface area contributed by atoms with Crippen molar-refractivity contribution < 1.29 is 8.42 Å². The highest BCUT2D eigenvalue weighted by Gasteiger charge is 2.17. The first-order valence-electron chi connectivity index (χ1n) is 4.26. The molecule has 4 nitrogen and oxygen atoms in total. The Morgan fingerprint density at radius 3 is 2.25 bits per heavy atom. The summed E-state index contributed by atoms with van der Waals surface area (Å²) in [6.45, 7) is 5.01. The molecule has 0 bridgehead atoms. The molecule has 0 unspecified atom stereocenters. The highest BCUT2D eigenvalue weighted by Crippen LogP contribution is 2.01. The molecule has 74 valence electrons. The molecular formula is C7H18N2O2S. The molecule has 0 aromatic rings. The molecule has 0 atom stereocenters. The SMILES string of the molecule is CCCS(=O)(=O)N(CC)CCN. The highest BCUT2D eigenvalue weighted by molar-refractivity contribution is 7.89. The summed E-state index contributed by atoms with van der Waals surface area (Å²) >= 11 is 0. The van der Waals surface area contributed by atoms with E-state index in [9.17, 15) is 8.42 Å². The van der Waals surface area contributed by atoms with Gasteiger partial charge in [-0.25, -0.2) is 12.7 Å². The van der Waals surface area contributed by atoms with Crippen LogP contribution in [0.15, 0.2) is 0 Å².